The molecule has 23 heavy (non-hydrogen) atoms. The Bertz CT molecular complexity index is 956. The van der Waals surface area contributed by atoms with Gasteiger partial charge in [0.1, 0.15) is 5.75 Å². The molecule has 0 heterocycles. The first-order chi connectivity index (χ1) is 10.6. The number of rotatable bonds is 5. The number of fused-ring (bicyclic) bond motifs is 1. The van der Waals surface area contributed by atoms with E-state index in [1.807, 2.05) is 0 Å². The molecule has 0 aliphatic rings. The molecule has 0 atom stereocenters. The molecular weight excluding hydrogens is 366 g/mol. The summed E-state index contributed by atoms with van der Waals surface area (Å²) in [7, 11) is -6.76. The van der Waals surface area contributed by atoms with Gasteiger partial charge in [0.15, 0.2) is 0 Å². The largest absolute Gasteiger partial charge is 0.507 e. The van der Waals surface area contributed by atoms with Gasteiger partial charge in [-0.15, -0.1) is 11.6 Å². The SMILES string of the molecule is CN(c1ccc2c(O)cc(S(=O)(=O)O)cc2c1)S(=O)(=O)CCCl. The van der Waals surface area contributed by atoms with Crippen molar-refractivity contribution in [2.75, 3.05) is 23.0 Å². The lowest BCUT2D eigenvalue weighted by atomic mass is 10.1. The molecule has 0 aliphatic heterocycles. The van der Waals surface area contributed by atoms with Crippen LogP contribution >= 0.6 is 11.6 Å². The van der Waals surface area contributed by atoms with Crippen LogP contribution < -0.4 is 4.31 Å². The molecule has 0 radical (unpaired) electrons. The van der Waals surface area contributed by atoms with Gasteiger partial charge in [-0.25, -0.2) is 8.42 Å². The second kappa shape index (κ2) is 6.16. The molecule has 0 fully saturated rings. The topological polar surface area (TPSA) is 112 Å². The van der Waals surface area contributed by atoms with Gasteiger partial charge in [-0.05, 0) is 29.7 Å². The maximum Gasteiger partial charge on any atom is 0.294 e. The summed E-state index contributed by atoms with van der Waals surface area (Å²) in [5.41, 5.74) is 0.273. The molecule has 7 nitrogen and oxygen atoms in total. The Hall–Kier alpha value is -1.55. The van der Waals surface area contributed by atoms with Gasteiger partial charge in [-0.3, -0.25) is 8.86 Å². The van der Waals surface area contributed by atoms with Crippen LogP contribution in [0.2, 0.25) is 0 Å². The maximum atomic E-state index is 12.0. The number of sulfonamides is 1. The van der Waals surface area contributed by atoms with Gasteiger partial charge < -0.3 is 5.11 Å². The van der Waals surface area contributed by atoms with Crippen LogP contribution in [0.3, 0.4) is 0 Å². The van der Waals surface area contributed by atoms with E-state index in [0.29, 0.717) is 5.39 Å². The second-order valence-electron chi connectivity index (χ2n) is 4.80. The molecule has 2 N–H and O–H groups in total. The van der Waals surface area contributed by atoms with E-state index in [1.165, 1.54) is 25.2 Å². The fraction of sp³-hybridized carbons (Fsp3) is 0.231. The van der Waals surface area contributed by atoms with Crippen molar-refractivity contribution in [2.24, 2.45) is 0 Å². The van der Waals surface area contributed by atoms with E-state index < -0.39 is 25.0 Å². The lowest BCUT2D eigenvalue weighted by Gasteiger charge is -2.19. The molecule has 0 spiro atoms. The molecule has 0 aromatic heterocycles. The van der Waals surface area contributed by atoms with Gasteiger partial charge in [0.2, 0.25) is 10.0 Å². The minimum Gasteiger partial charge on any atom is -0.507 e. The summed E-state index contributed by atoms with van der Waals surface area (Å²) in [4.78, 5) is -0.481. The number of hydrogen-bond donors (Lipinski definition) is 2. The Kier molecular flexibility index (Phi) is 4.76. The fourth-order valence-electron chi connectivity index (χ4n) is 2.05. The number of phenols is 1. The third kappa shape index (κ3) is 3.69. The van der Waals surface area contributed by atoms with Crippen molar-refractivity contribution in [3.05, 3.63) is 30.3 Å². The second-order valence-corrected chi connectivity index (χ2v) is 8.71. The summed E-state index contributed by atoms with van der Waals surface area (Å²) in [6.45, 7) is 0. The number of hydrogen-bond acceptors (Lipinski definition) is 5. The van der Waals surface area contributed by atoms with Crippen LogP contribution in [0.5, 0.6) is 5.75 Å². The average molecular weight is 380 g/mol. The predicted octanol–water partition coefficient (Wildman–Crippen LogP) is 1.80. The standard InChI is InChI=1S/C13H14ClNO6S2/c1-15(22(17,18)5-4-14)10-2-3-12-9(6-10)7-11(8-13(12)16)23(19,20)21/h2-3,6-8,16H,4-5H2,1H3,(H,19,20,21). The molecule has 0 bridgehead atoms. The Balaban J connectivity index is 2.62. The zero-order chi connectivity index (χ0) is 17.4. The lowest BCUT2D eigenvalue weighted by Crippen LogP contribution is -2.29. The third-order valence-electron chi connectivity index (χ3n) is 3.30. The summed E-state index contributed by atoms with van der Waals surface area (Å²) in [5, 5.41) is 10.5. The van der Waals surface area contributed by atoms with Crippen molar-refractivity contribution < 1.29 is 26.5 Å². The molecule has 2 aromatic carbocycles. The summed E-state index contributed by atoms with van der Waals surface area (Å²) in [6.07, 6.45) is 0. The number of nitrogens with zero attached hydrogens (tertiary/aromatic N) is 1. The number of phenolic OH excluding ortho intramolecular Hbond substituents is 1. The zero-order valence-electron chi connectivity index (χ0n) is 12.0. The normalized spacial score (nSPS) is 12.5. The van der Waals surface area contributed by atoms with Gasteiger partial charge in [0.25, 0.3) is 10.1 Å². The Morgan fingerprint density at radius 1 is 1.13 bits per heavy atom. The summed E-state index contributed by atoms with van der Waals surface area (Å²) in [6, 6.07) is 6.40. The van der Waals surface area contributed by atoms with Crippen LogP contribution in [0.4, 0.5) is 5.69 Å². The Labute approximate surface area is 138 Å². The smallest absolute Gasteiger partial charge is 0.294 e. The van der Waals surface area contributed by atoms with Gasteiger partial charge in [-0.1, -0.05) is 0 Å². The van der Waals surface area contributed by atoms with Gasteiger partial charge in [0.05, 0.1) is 16.3 Å². The molecule has 126 valence electrons. The van der Waals surface area contributed by atoms with Crippen LogP contribution in [-0.2, 0) is 20.1 Å². The van der Waals surface area contributed by atoms with Crippen LogP contribution in [0.1, 0.15) is 0 Å². The van der Waals surface area contributed by atoms with Crippen molar-refractivity contribution in [2.45, 2.75) is 4.90 Å². The molecule has 0 saturated carbocycles. The first-order valence-corrected chi connectivity index (χ1v) is 9.91. The molecule has 0 amide bonds. The first kappa shape index (κ1) is 17.8. The van der Waals surface area contributed by atoms with Crippen molar-refractivity contribution >= 4 is 48.2 Å². The molecule has 2 rings (SSSR count). The highest BCUT2D eigenvalue weighted by Crippen LogP contribution is 2.32. The van der Waals surface area contributed by atoms with E-state index >= 15 is 0 Å². The predicted molar refractivity (Wildman–Crippen MR) is 88.3 cm³/mol. The van der Waals surface area contributed by atoms with Gasteiger partial charge >= 0.3 is 0 Å². The summed E-state index contributed by atoms with van der Waals surface area (Å²) < 4.78 is 56.6. The highest BCUT2D eigenvalue weighted by Gasteiger charge is 2.19. The maximum absolute atomic E-state index is 12.0. The fourth-order valence-corrected chi connectivity index (χ4v) is 4.08. The van der Waals surface area contributed by atoms with Crippen LogP contribution in [0.15, 0.2) is 35.2 Å². The number of alkyl halides is 1. The monoisotopic (exact) mass is 379 g/mol. The van der Waals surface area contributed by atoms with Gasteiger partial charge in [0, 0.05) is 24.4 Å². The highest BCUT2D eigenvalue weighted by atomic mass is 35.5. The number of halogens is 1. The van der Waals surface area contributed by atoms with E-state index in [0.717, 1.165) is 16.4 Å². The Morgan fingerprint density at radius 3 is 2.35 bits per heavy atom. The molecule has 0 saturated heterocycles. The summed E-state index contributed by atoms with van der Waals surface area (Å²) in [5.74, 6) is -0.652. The van der Waals surface area contributed by atoms with E-state index in [2.05, 4.69) is 0 Å². The van der Waals surface area contributed by atoms with Crippen molar-refractivity contribution in [1.29, 1.82) is 0 Å². The average Bonchev–Trinajstić information content (AvgIpc) is 2.44. The number of aromatic hydroxyl groups is 1. The molecule has 0 unspecified atom stereocenters. The van der Waals surface area contributed by atoms with Crippen LogP contribution in [0.25, 0.3) is 10.8 Å². The molecule has 10 heteroatoms. The van der Waals surface area contributed by atoms with Crippen LogP contribution in [-0.4, -0.2) is 45.2 Å². The van der Waals surface area contributed by atoms with Crippen molar-refractivity contribution in [1.82, 2.24) is 0 Å². The number of anilines is 1. The van der Waals surface area contributed by atoms with E-state index in [-0.39, 0.29) is 28.5 Å². The van der Waals surface area contributed by atoms with Crippen LogP contribution in [0, 0.1) is 0 Å². The van der Waals surface area contributed by atoms with E-state index in [4.69, 9.17) is 16.2 Å². The summed E-state index contributed by atoms with van der Waals surface area (Å²) >= 11 is 5.47. The molecule has 0 aliphatic carbocycles. The quantitative estimate of drug-likeness (QED) is 0.605. The minimum atomic E-state index is -4.50. The lowest BCUT2D eigenvalue weighted by molar-refractivity contribution is 0.471. The van der Waals surface area contributed by atoms with Crippen molar-refractivity contribution in [3.8, 4) is 5.75 Å². The van der Waals surface area contributed by atoms with E-state index in [1.54, 1.807) is 0 Å². The van der Waals surface area contributed by atoms with Gasteiger partial charge in [-0.2, -0.15) is 8.42 Å². The third-order valence-corrected chi connectivity index (χ3v) is 6.31. The first-order valence-electron chi connectivity index (χ1n) is 6.33. The Morgan fingerprint density at radius 2 is 1.78 bits per heavy atom. The highest BCUT2D eigenvalue weighted by molar-refractivity contribution is 7.92. The number of benzene rings is 2. The molecule has 2 aromatic rings. The van der Waals surface area contributed by atoms with E-state index in [9.17, 15) is 21.9 Å². The van der Waals surface area contributed by atoms with Crippen molar-refractivity contribution in [3.63, 3.8) is 0 Å². The minimum absolute atomic E-state index is 0.0616. The zero-order valence-corrected chi connectivity index (χ0v) is 14.4. The molecular formula is C13H14ClNO6S2.